The van der Waals surface area contributed by atoms with Crippen LogP contribution in [-0.4, -0.2) is 11.5 Å². The molecular formula is C12H13ClN2O. The minimum absolute atomic E-state index is 0.0857. The van der Waals surface area contributed by atoms with Crippen molar-refractivity contribution in [1.29, 1.82) is 0 Å². The van der Waals surface area contributed by atoms with E-state index in [4.69, 9.17) is 17.3 Å². The van der Waals surface area contributed by atoms with E-state index in [1.165, 1.54) is 0 Å². The van der Waals surface area contributed by atoms with Crippen LogP contribution in [0.4, 0.5) is 11.4 Å². The molecule has 0 saturated heterocycles. The fraction of sp³-hybridized carbons (Fsp3) is 0.333. The maximum absolute atomic E-state index is 11.4. The van der Waals surface area contributed by atoms with Crippen molar-refractivity contribution in [2.75, 3.05) is 5.73 Å². The van der Waals surface area contributed by atoms with Gasteiger partial charge in [0.2, 0.25) is 0 Å². The number of anilines is 1. The topological polar surface area (TPSA) is 55.5 Å². The highest BCUT2D eigenvalue weighted by molar-refractivity contribution is 6.33. The fourth-order valence-electron chi connectivity index (χ4n) is 1.79. The summed E-state index contributed by atoms with van der Waals surface area (Å²) < 4.78 is 0. The van der Waals surface area contributed by atoms with Crippen molar-refractivity contribution in [3.63, 3.8) is 0 Å². The molecule has 1 fully saturated rings. The van der Waals surface area contributed by atoms with Gasteiger partial charge < -0.3 is 5.73 Å². The summed E-state index contributed by atoms with van der Waals surface area (Å²) in [5.41, 5.74) is 7.85. The lowest BCUT2D eigenvalue weighted by Gasteiger charge is -2.04. The minimum atomic E-state index is -0.0857. The second-order valence-electron chi connectivity index (χ2n) is 4.00. The van der Waals surface area contributed by atoms with Gasteiger partial charge in [0.15, 0.2) is 0 Å². The monoisotopic (exact) mass is 236 g/mol. The predicted molar refractivity (Wildman–Crippen MR) is 66.4 cm³/mol. The third-order valence-corrected chi connectivity index (χ3v) is 3.16. The first kappa shape index (κ1) is 11.1. The van der Waals surface area contributed by atoms with Crippen LogP contribution in [0.25, 0.3) is 0 Å². The van der Waals surface area contributed by atoms with Crippen molar-refractivity contribution in [1.82, 2.24) is 0 Å². The molecule has 0 aromatic heterocycles. The molecule has 1 saturated carbocycles. The normalized spacial score (nSPS) is 23.0. The average molecular weight is 237 g/mol. The summed E-state index contributed by atoms with van der Waals surface area (Å²) in [6, 6.07) is 5.18. The number of benzene rings is 1. The highest BCUT2D eigenvalue weighted by Crippen LogP contribution is 2.30. The lowest BCUT2D eigenvalue weighted by atomic mass is 10.1. The quantitative estimate of drug-likeness (QED) is 0.762. The Morgan fingerprint density at radius 2 is 2.19 bits per heavy atom. The standard InChI is InChI=1S/C12H13ClN2O/c1-7-10(4-5-12(7)16)15-11-6-8(14)2-3-9(11)13/h2-3,6-7H,4-5,14H2,1H3. The van der Waals surface area contributed by atoms with E-state index >= 15 is 0 Å². The Bertz CT molecular complexity index is 468. The van der Waals surface area contributed by atoms with Gasteiger partial charge in [-0.05, 0) is 24.6 Å². The predicted octanol–water partition coefficient (Wildman–Crippen LogP) is 2.99. The molecule has 1 atom stereocenters. The number of nitrogen functional groups attached to an aromatic ring is 1. The van der Waals surface area contributed by atoms with E-state index < -0.39 is 0 Å². The number of hydrogen-bond donors (Lipinski definition) is 1. The molecule has 0 amide bonds. The molecule has 0 bridgehead atoms. The number of halogens is 1. The molecule has 2 rings (SSSR count). The zero-order valence-corrected chi connectivity index (χ0v) is 9.79. The smallest absolute Gasteiger partial charge is 0.141 e. The van der Waals surface area contributed by atoms with E-state index in [9.17, 15) is 4.79 Å². The van der Waals surface area contributed by atoms with Crippen LogP contribution in [-0.2, 0) is 4.79 Å². The largest absolute Gasteiger partial charge is 0.399 e. The van der Waals surface area contributed by atoms with Gasteiger partial charge in [-0.1, -0.05) is 18.5 Å². The molecule has 0 radical (unpaired) electrons. The van der Waals surface area contributed by atoms with Gasteiger partial charge in [0, 0.05) is 17.8 Å². The number of Topliss-reactive ketones (excluding diaryl/α,β-unsaturated/α-hetero) is 1. The Hall–Kier alpha value is -1.35. The van der Waals surface area contributed by atoms with E-state index in [0.717, 1.165) is 12.1 Å². The lowest BCUT2D eigenvalue weighted by Crippen LogP contribution is -2.09. The minimum Gasteiger partial charge on any atom is -0.399 e. The number of ketones is 1. The molecule has 1 aliphatic rings. The Morgan fingerprint density at radius 3 is 2.81 bits per heavy atom. The van der Waals surface area contributed by atoms with Crippen LogP contribution < -0.4 is 5.73 Å². The van der Waals surface area contributed by atoms with Crippen LogP contribution in [0.1, 0.15) is 19.8 Å². The van der Waals surface area contributed by atoms with Crippen molar-refractivity contribution < 1.29 is 4.79 Å². The van der Waals surface area contributed by atoms with E-state index in [-0.39, 0.29) is 11.7 Å². The number of nitrogens with zero attached hydrogens (tertiary/aromatic N) is 1. The molecule has 1 aromatic rings. The second kappa shape index (κ2) is 4.26. The van der Waals surface area contributed by atoms with Gasteiger partial charge in [0.05, 0.1) is 16.6 Å². The van der Waals surface area contributed by atoms with Gasteiger partial charge in [-0.15, -0.1) is 0 Å². The van der Waals surface area contributed by atoms with Crippen molar-refractivity contribution in [3.8, 4) is 0 Å². The molecule has 2 N–H and O–H groups in total. The second-order valence-corrected chi connectivity index (χ2v) is 4.41. The summed E-state index contributed by atoms with van der Waals surface area (Å²) in [6.45, 7) is 1.88. The molecular weight excluding hydrogens is 224 g/mol. The molecule has 0 heterocycles. The molecule has 1 aromatic carbocycles. The summed E-state index contributed by atoms with van der Waals surface area (Å²) in [7, 11) is 0. The summed E-state index contributed by atoms with van der Waals surface area (Å²) in [6.07, 6.45) is 1.31. The third-order valence-electron chi connectivity index (χ3n) is 2.84. The van der Waals surface area contributed by atoms with Crippen molar-refractivity contribution in [2.45, 2.75) is 19.8 Å². The van der Waals surface area contributed by atoms with E-state index in [1.807, 2.05) is 6.92 Å². The van der Waals surface area contributed by atoms with E-state index in [2.05, 4.69) is 4.99 Å². The van der Waals surface area contributed by atoms with Gasteiger partial charge in [-0.2, -0.15) is 0 Å². The van der Waals surface area contributed by atoms with Gasteiger partial charge in [0.25, 0.3) is 0 Å². The van der Waals surface area contributed by atoms with Crippen LogP contribution in [0, 0.1) is 5.92 Å². The maximum Gasteiger partial charge on any atom is 0.141 e. The zero-order chi connectivity index (χ0) is 11.7. The Labute approximate surface area is 99.3 Å². The summed E-state index contributed by atoms with van der Waals surface area (Å²) in [5.74, 6) is 0.163. The van der Waals surface area contributed by atoms with Crippen LogP contribution in [0.2, 0.25) is 5.02 Å². The highest BCUT2D eigenvalue weighted by Gasteiger charge is 2.26. The molecule has 84 valence electrons. The van der Waals surface area contributed by atoms with Gasteiger partial charge in [0.1, 0.15) is 5.78 Å². The van der Waals surface area contributed by atoms with Crippen LogP contribution in [0.5, 0.6) is 0 Å². The first-order valence-electron chi connectivity index (χ1n) is 5.23. The molecule has 0 aliphatic heterocycles. The van der Waals surface area contributed by atoms with E-state index in [0.29, 0.717) is 22.8 Å². The number of rotatable bonds is 1. The lowest BCUT2D eigenvalue weighted by molar-refractivity contribution is -0.119. The van der Waals surface area contributed by atoms with E-state index in [1.54, 1.807) is 18.2 Å². The van der Waals surface area contributed by atoms with Crippen LogP contribution >= 0.6 is 11.6 Å². The fourth-order valence-corrected chi connectivity index (χ4v) is 1.95. The number of nitrogens with two attached hydrogens (primary N) is 1. The van der Waals surface area contributed by atoms with Crippen molar-refractivity contribution in [2.24, 2.45) is 10.9 Å². The summed E-state index contributed by atoms with van der Waals surface area (Å²) in [4.78, 5) is 15.8. The molecule has 1 unspecified atom stereocenters. The first-order valence-corrected chi connectivity index (χ1v) is 5.61. The van der Waals surface area contributed by atoms with Crippen LogP contribution in [0.15, 0.2) is 23.2 Å². The molecule has 4 heteroatoms. The van der Waals surface area contributed by atoms with Gasteiger partial charge in [-0.25, -0.2) is 0 Å². The SMILES string of the molecule is CC1C(=O)CCC1=Nc1cc(N)ccc1Cl. The first-order chi connectivity index (χ1) is 7.58. The number of hydrogen-bond acceptors (Lipinski definition) is 3. The molecule has 1 aliphatic carbocycles. The third kappa shape index (κ3) is 2.09. The molecule has 0 spiro atoms. The zero-order valence-electron chi connectivity index (χ0n) is 9.03. The maximum atomic E-state index is 11.4. The number of carbonyl (C=O) groups excluding carboxylic acids is 1. The van der Waals surface area contributed by atoms with Gasteiger partial charge >= 0.3 is 0 Å². The Balaban J connectivity index is 2.36. The Kier molecular flexibility index (Phi) is 2.97. The number of aliphatic imine (C=N–C) groups is 1. The average Bonchev–Trinajstić information content (AvgIpc) is 2.55. The Morgan fingerprint density at radius 1 is 1.44 bits per heavy atom. The number of carbonyl (C=O) groups is 1. The van der Waals surface area contributed by atoms with Crippen molar-refractivity contribution in [3.05, 3.63) is 23.2 Å². The summed E-state index contributed by atoms with van der Waals surface area (Å²) in [5, 5.41) is 0.563. The summed E-state index contributed by atoms with van der Waals surface area (Å²) >= 11 is 6.01. The molecule has 16 heavy (non-hydrogen) atoms. The van der Waals surface area contributed by atoms with Gasteiger partial charge in [-0.3, -0.25) is 9.79 Å². The van der Waals surface area contributed by atoms with Crippen LogP contribution in [0.3, 0.4) is 0 Å². The molecule has 3 nitrogen and oxygen atoms in total. The highest BCUT2D eigenvalue weighted by atomic mass is 35.5. The van der Waals surface area contributed by atoms with Crippen molar-refractivity contribution >= 4 is 34.5 Å².